The summed E-state index contributed by atoms with van der Waals surface area (Å²) in [6, 6.07) is 22.6. The third-order valence-corrected chi connectivity index (χ3v) is 3.84. The predicted octanol–water partition coefficient (Wildman–Crippen LogP) is 4.89. The molecule has 0 fully saturated rings. The van der Waals surface area contributed by atoms with Crippen LogP contribution in [0.1, 0.15) is 11.1 Å². The molecule has 0 bridgehead atoms. The molecule has 0 aromatic heterocycles. The lowest BCUT2D eigenvalue weighted by atomic mass is 10.2. The Bertz CT molecular complexity index is 886. The number of nitrogens with one attached hydrogen (secondary N) is 2. The molecule has 3 N–H and O–H groups in total. The standard InChI is InChI=1S/C22H20N2O5/c25-20-12-18(23-21(26)28-14-16-7-3-1-4-8-16)11-19(13-20)24-22(27)29-15-17-9-5-2-6-10-17/h1-13,25H,14-15H2,(H,23,26)(H,24,27). The summed E-state index contributed by atoms with van der Waals surface area (Å²) in [5.41, 5.74) is 2.23. The molecule has 0 saturated heterocycles. The third-order valence-electron chi connectivity index (χ3n) is 3.84. The van der Waals surface area contributed by atoms with Gasteiger partial charge in [0.25, 0.3) is 0 Å². The van der Waals surface area contributed by atoms with Crippen molar-refractivity contribution in [3.05, 3.63) is 90.0 Å². The molecule has 0 atom stereocenters. The van der Waals surface area contributed by atoms with Gasteiger partial charge in [0.05, 0.1) is 0 Å². The van der Waals surface area contributed by atoms with Crippen LogP contribution in [0.15, 0.2) is 78.9 Å². The zero-order valence-electron chi connectivity index (χ0n) is 15.5. The molecule has 0 heterocycles. The van der Waals surface area contributed by atoms with Gasteiger partial charge in [0.15, 0.2) is 0 Å². The van der Waals surface area contributed by atoms with E-state index in [1.165, 1.54) is 18.2 Å². The number of hydrogen-bond donors (Lipinski definition) is 3. The SMILES string of the molecule is O=C(Nc1cc(O)cc(NC(=O)OCc2ccccc2)c1)OCc1ccccc1. The number of phenolic OH excluding ortho intramolecular Hbond substituents is 1. The zero-order valence-corrected chi connectivity index (χ0v) is 15.5. The van der Waals surface area contributed by atoms with Crippen LogP contribution < -0.4 is 10.6 Å². The van der Waals surface area contributed by atoms with E-state index in [9.17, 15) is 14.7 Å². The van der Waals surface area contributed by atoms with Gasteiger partial charge in [0.2, 0.25) is 0 Å². The van der Waals surface area contributed by atoms with Crippen LogP contribution in [-0.2, 0) is 22.7 Å². The first-order valence-electron chi connectivity index (χ1n) is 8.88. The van der Waals surface area contributed by atoms with Crippen molar-refractivity contribution in [2.45, 2.75) is 13.2 Å². The number of benzene rings is 3. The van der Waals surface area contributed by atoms with Gasteiger partial charge in [-0.1, -0.05) is 60.7 Å². The zero-order chi connectivity index (χ0) is 20.5. The quantitative estimate of drug-likeness (QED) is 0.555. The number of hydrogen-bond acceptors (Lipinski definition) is 5. The largest absolute Gasteiger partial charge is 0.508 e. The minimum Gasteiger partial charge on any atom is -0.508 e. The van der Waals surface area contributed by atoms with Crippen LogP contribution >= 0.6 is 0 Å². The van der Waals surface area contributed by atoms with Gasteiger partial charge in [-0.3, -0.25) is 10.6 Å². The van der Waals surface area contributed by atoms with E-state index in [1.807, 2.05) is 60.7 Å². The molecule has 29 heavy (non-hydrogen) atoms. The first kappa shape index (κ1) is 19.8. The number of rotatable bonds is 6. The Hall–Kier alpha value is -4.00. The van der Waals surface area contributed by atoms with Crippen LogP contribution in [0, 0.1) is 0 Å². The Balaban J connectivity index is 1.53. The molecule has 7 heteroatoms. The fourth-order valence-electron chi connectivity index (χ4n) is 2.51. The molecule has 148 valence electrons. The Morgan fingerprint density at radius 3 is 1.52 bits per heavy atom. The van der Waals surface area contributed by atoms with E-state index >= 15 is 0 Å². The number of anilines is 2. The molecule has 3 aromatic rings. The first-order valence-corrected chi connectivity index (χ1v) is 8.88. The van der Waals surface area contributed by atoms with Crippen molar-refractivity contribution >= 4 is 23.6 Å². The normalized spacial score (nSPS) is 10.1. The van der Waals surface area contributed by atoms with E-state index in [2.05, 4.69) is 10.6 Å². The van der Waals surface area contributed by atoms with Crippen molar-refractivity contribution in [3.8, 4) is 5.75 Å². The Morgan fingerprint density at radius 1 is 0.690 bits per heavy atom. The number of amides is 2. The molecular weight excluding hydrogens is 372 g/mol. The van der Waals surface area contributed by atoms with E-state index in [4.69, 9.17) is 9.47 Å². The summed E-state index contributed by atoms with van der Waals surface area (Å²) in [7, 11) is 0. The van der Waals surface area contributed by atoms with Crippen molar-refractivity contribution in [2.75, 3.05) is 10.6 Å². The van der Waals surface area contributed by atoms with E-state index in [0.717, 1.165) is 11.1 Å². The highest BCUT2D eigenvalue weighted by molar-refractivity contribution is 5.89. The van der Waals surface area contributed by atoms with Crippen LogP contribution in [0.3, 0.4) is 0 Å². The second-order valence-electron chi connectivity index (χ2n) is 6.14. The summed E-state index contributed by atoms with van der Waals surface area (Å²) in [6.07, 6.45) is -1.37. The summed E-state index contributed by atoms with van der Waals surface area (Å²) in [5.74, 6) is -0.135. The second-order valence-corrected chi connectivity index (χ2v) is 6.14. The maximum atomic E-state index is 12.0. The van der Waals surface area contributed by atoms with Crippen molar-refractivity contribution in [2.24, 2.45) is 0 Å². The van der Waals surface area contributed by atoms with E-state index in [1.54, 1.807) is 0 Å². The first-order chi connectivity index (χ1) is 14.1. The smallest absolute Gasteiger partial charge is 0.411 e. The van der Waals surface area contributed by atoms with Gasteiger partial charge < -0.3 is 14.6 Å². The topological polar surface area (TPSA) is 96.9 Å². The van der Waals surface area contributed by atoms with E-state index in [0.29, 0.717) is 0 Å². The molecule has 0 saturated carbocycles. The van der Waals surface area contributed by atoms with Gasteiger partial charge in [0.1, 0.15) is 19.0 Å². The lowest BCUT2D eigenvalue weighted by Gasteiger charge is -2.11. The average molecular weight is 392 g/mol. The Kier molecular flexibility index (Phi) is 6.67. The number of carbonyl (C=O) groups is 2. The van der Waals surface area contributed by atoms with E-state index < -0.39 is 12.2 Å². The molecule has 7 nitrogen and oxygen atoms in total. The summed E-state index contributed by atoms with van der Waals surface area (Å²) >= 11 is 0. The summed E-state index contributed by atoms with van der Waals surface area (Å²) in [6.45, 7) is 0.227. The molecule has 3 aromatic carbocycles. The summed E-state index contributed by atoms with van der Waals surface area (Å²) in [4.78, 5) is 23.9. The van der Waals surface area contributed by atoms with Crippen LogP contribution in [0.4, 0.5) is 21.0 Å². The van der Waals surface area contributed by atoms with Crippen LogP contribution in [0.25, 0.3) is 0 Å². The van der Waals surface area contributed by atoms with Crippen molar-refractivity contribution in [3.63, 3.8) is 0 Å². The average Bonchev–Trinajstić information content (AvgIpc) is 2.72. The van der Waals surface area contributed by atoms with Crippen molar-refractivity contribution in [1.29, 1.82) is 0 Å². The molecule has 0 aliphatic carbocycles. The molecular formula is C22H20N2O5. The van der Waals surface area contributed by atoms with Crippen LogP contribution in [0.5, 0.6) is 5.75 Å². The summed E-state index contributed by atoms with van der Waals surface area (Å²) < 4.78 is 10.3. The molecule has 0 aliphatic heterocycles. The highest BCUT2D eigenvalue weighted by Crippen LogP contribution is 2.24. The Labute approximate surface area is 167 Å². The maximum Gasteiger partial charge on any atom is 0.411 e. The second kappa shape index (κ2) is 9.80. The number of ether oxygens (including phenoxy) is 2. The van der Waals surface area contributed by atoms with Crippen LogP contribution in [0.2, 0.25) is 0 Å². The molecule has 0 unspecified atom stereocenters. The monoisotopic (exact) mass is 392 g/mol. The highest BCUT2D eigenvalue weighted by atomic mass is 16.6. The third kappa shape index (κ3) is 6.59. The van der Waals surface area contributed by atoms with Gasteiger partial charge in [-0.25, -0.2) is 9.59 Å². The predicted molar refractivity (Wildman–Crippen MR) is 109 cm³/mol. The highest BCUT2D eigenvalue weighted by Gasteiger charge is 2.09. The number of phenols is 1. The van der Waals surface area contributed by atoms with Gasteiger partial charge >= 0.3 is 12.2 Å². The molecule has 2 amide bonds. The molecule has 0 aliphatic rings. The fourth-order valence-corrected chi connectivity index (χ4v) is 2.51. The summed E-state index contributed by atoms with van der Waals surface area (Å²) in [5, 5.41) is 14.9. The van der Waals surface area contributed by atoms with Crippen molar-refractivity contribution in [1.82, 2.24) is 0 Å². The molecule has 0 spiro atoms. The van der Waals surface area contributed by atoms with Gasteiger partial charge in [-0.05, 0) is 17.2 Å². The van der Waals surface area contributed by atoms with Crippen LogP contribution in [-0.4, -0.2) is 17.3 Å². The van der Waals surface area contributed by atoms with Gasteiger partial charge in [-0.2, -0.15) is 0 Å². The maximum absolute atomic E-state index is 12.0. The lowest BCUT2D eigenvalue weighted by molar-refractivity contribution is 0.154. The molecule has 3 rings (SSSR count). The molecule has 0 radical (unpaired) electrons. The van der Waals surface area contributed by atoms with Gasteiger partial charge in [-0.15, -0.1) is 0 Å². The number of carbonyl (C=O) groups excluding carboxylic acids is 2. The Morgan fingerprint density at radius 2 is 1.10 bits per heavy atom. The lowest BCUT2D eigenvalue weighted by Crippen LogP contribution is -2.15. The number of aromatic hydroxyl groups is 1. The van der Waals surface area contributed by atoms with E-state index in [-0.39, 0.29) is 30.3 Å². The van der Waals surface area contributed by atoms with Crippen molar-refractivity contribution < 1.29 is 24.2 Å². The minimum absolute atomic E-state index is 0.114. The fraction of sp³-hybridized carbons (Fsp3) is 0.0909. The minimum atomic E-state index is -0.683. The van der Waals surface area contributed by atoms with Gasteiger partial charge in [0, 0.05) is 23.5 Å².